The number of likely N-dealkylation sites (tertiary alicyclic amines) is 1. The highest BCUT2D eigenvalue weighted by molar-refractivity contribution is 5.87. The topological polar surface area (TPSA) is 64.3 Å². The minimum Gasteiger partial charge on any atom is -0.478 e. The van der Waals surface area contributed by atoms with Crippen LogP contribution in [0.5, 0.6) is 0 Å². The third kappa shape index (κ3) is 4.01. The predicted molar refractivity (Wildman–Crippen MR) is 91.6 cm³/mol. The molecule has 0 spiro atoms. The Balaban J connectivity index is 1.55. The Morgan fingerprint density at radius 3 is 2.71 bits per heavy atom. The highest BCUT2D eigenvalue weighted by atomic mass is 16.4. The molecule has 0 aliphatic carbocycles. The lowest BCUT2D eigenvalue weighted by atomic mass is 9.98. The van der Waals surface area contributed by atoms with Crippen molar-refractivity contribution in [3.63, 3.8) is 0 Å². The first-order valence-electron chi connectivity index (χ1n) is 8.17. The van der Waals surface area contributed by atoms with Crippen LogP contribution in [0.2, 0.25) is 0 Å². The average molecular weight is 320 g/mol. The molecule has 4 nitrogen and oxygen atoms in total. The third-order valence-electron chi connectivity index (χ3n) is 4.56. The summed E-state index contributed by atoms with van der Waals surface area (Å²) >= 11 is 0. The van der Waals surface area contributed by atoms with E-state index in [0.29, 0.717) is 17.0 Å². The van der Waals surface area contributed by atoms with Crippen molar-refractivity contribution in [2.24, 2.45) is 5.92 Å². The number of nitriles is 1. The summed E-state index contributed by atoms with van der Waals surface area (Å²) in [5, 5.41) is 17.9. The van der Waals surface area contributed by atoms with E-state index in [-0.39, 0.29) is 0 Å². The van der Waals surface area contributed by atoms with Crippen molar-refractivity contribution in [1.29, 1.82) is 5.26 Å². The average Bonchev–Trinajstić information content (AvgIpc) is 3.02. The minimum atomic E-state index is -0.881. The molecule has 0 bridgehead atoms. The molecule has 0 aromatic heterocycles. The molecular weight excluding hydrogens is 300 g/mol. The molecule has 0 amide bonds. The van der Waals surface area contributed by atoms with Crippen molar-refractivity contribution in [1.82, 2.24) is 4.90 Å². The molecule has 2 aromatic rings. The van der Waals surface area contributed by atoms with Crippen molar-refractivity contribution in [2.45, 2.75) is 19.4 Å². The van der Waals surface area contributed by atoms with Gasteiger partial charge in [0.1, 0.15) is 0 Å². The van der Waals surface area contributed by atoms with Crippen LogP contribution >= 0.6 is 0 Å². The molecule has 2 aromatic carbocycles. The smallest absolute Gasteiger partial charge is 0.335 e. The van der Waals surface area contributed by atoms with Crippen LogP contribution in [0.25, 0.3) is 0 Å². The molecule has 24 heavy (non-hydrogen) atoms. The normalized spacial score (nSPS) is 17.5. The molecule has 1 atom stereocenters. The van der Waals surface area contributed by atoms with Gasteiger partial charge in [-0.15, -0.1) is 0 Å². The first-order valence-corrected chi connectivity index (χ1v) is 8.17. The minimum absolute atomic E-state index is 0.337. The Hall–Kier alpha value is -2.64. The van der Waals surface area contributed by atoms with Gasteiger partial charge in [0.15, 0.2) is 0 Å². The summed E-state index contributed by atoms with van der Waals surface area (Å²) in [6.07, 6.45) is 2.13. The lowest BCUT2D eigenvalue weighted by molar-refractivity contribution is 0.0697. The molecule has 1 N–H and O–H groups in total. The maximum atomic E-state index is 10.9. The fraction of sp³-hybridized carbons (Fsp3) is 0.300. The summed E-state index contributed by atoms with van der Waals surface area (Å²) in [6, 6.07) is 17.2. The molecule has 0 saturated carbocycles. The zero-order valence-electron chi connectivity index (χ0n) is 13.5. The van der Waals surface area contributed by atoms with E-state index >= 15 is 0 Å². The van der Waals surface area contributed by atoms with Gasteiger partial charge in [-0.3, -0.25) is 4.90 Å². The number of hydrogen-bond donors (Lipinski definition) is 1. The fourth-order valence-electron chi connectivity index (χ4n) is 3.34. The number of nitrogens with zero attached hydrogens (tertiary/aromatic N) is 2. The molecule has 1 aliphatic rings. The van der Waals surface area contributed by atoms with Crippen LogP contribution in [0.4, 0.5) is 0 Å². The quantitative estimate of drug-likeness (QED) is 0.918. The second-order valence-electron chi connectivity index (χ2n) is 6.41. The van der Waals surface area contributed by atoms with Crippen molar-refractivity contribution < 1.29 is 9.90 Å². The van der Waals surface area contributed by atoms with E-state index in [9.17, 15) is 4.79 Å². The van der Waals surface area contributed by atoms with Gasteiger partial charge in [-0.2, -0.15) is 5.26 Å². The van der Waals surface area contributed by atoms with Gasteiger partial charge in [-0.1, -0.05) is 24.3 Å². The van der Waals surface area contributed by atoms with Gasteiger partial charge >= 0.3 is 5.97 Å². The van der Waals surface area contributed by atoms with E-state index in [2.05, 4.69) is 17.0 Å². The fourth-order valence-corrected chi connectivity index (χ4v) is 3.34. The molecule has 0 radical (unpaired) electrons. The van der Waals surface area contributed by atoms with Gasteiger partial charge in [0.05, 0.1) is 17.2 Å². The summed E-state index contributed by atoms with van der Waals surface area (Å²) in [5.74, 6) is -0.284. The van der Waals surface area contributed by atoms with E-state index in [4.69, 9.17) is 10.4 Å². The summed E-state index contributed by atoms with van der Waals surface area (Å²) in [7, 11) is 0. The first-order chi connectivity index (χ1) is 11.6. The van der Waals surface area contributed by atoms with Crippen LogP contribution in [-0.4, -0.2) is 29.1 Å². The molecule has 1 unspecified atom stereocenters. The molecular formula is C20H20N2O2. The Bertz CT molecular complexity index is 762. The molecule has 1 heterocycles. The van der Waals surface area contributed by atoms with E-state index in [0.717, 1.165) is 32.5 Å². The van der Waals surface area contributed by atoms with Crippen molar-refractivity contribution in [3.05, 3.63) is 70.8 Å². The number of aromatic carboxylic acids is 1. The lowest BCUT2D eigenvalue weighted by Crippen LogP contribution is -2.20. The Kier molecular flexibility index (Phi) is 4.93. The largest absolute Gasteiger partial charge is 0.478 e. The highest BCUT2D eigenvalue weighted by Gasteiger charge is 2.22. The highest BCUT2D eigenvalue weighted by Crippen LogP contribution is 2.23. The maximum absolute atomic E-state index is 10.9. The van der Waals surface area contributed by atoms with Gasteiger partial charge in [-0.05, 0) is 60.7 Å². The molecule has 1 fully saturated rings. The standard InChI is InChI=1S/C20H20N2O2/c21-12-16-2-1-3-17(11-16)13-22-9-8-18(14-22)10-15-4-6-19(7-5-15)20(23)24/h1-7,11,18H,8-10,13-14H2,(H,23,24). The zero-order chi connectivity index (χ0) is 16.9. The number of benzene rings is 2. The summed E-state index contributed by atoms with van der Waals surface area (Å²) < 4.78 is 0. The van der Waals surface area contributed by atoms with Gasteiger partial charge in [0, 0.05) is 13.1 Å². The maximum Gasteiger partial charge on any atom is 0.335 e. The van der Waals surface area contributed by atoms with Gasteiger partial charge in [-0.25, -0.2) is 4.79 Å². The number of rotatable bonds is 5. The number of carboxylic acid groups (broad SMARTS) is 1. The molecule has 1 aliphatic heterocycles. The number of hydrogen-bond acceptors (Lipinski definition) is 3. The van der Waals surface area contributed by atoms with E-state index in [1.54, 1.807) is 12.1 Å². The molecule has 3 rings (SSSR count). The van der Waals surface area contributed by atoms with Crippen LogP contribution in [-0.2, 0) is 13.0 Å². The summed E-state index contributed by atoms with van der Waals surface area (Å²) in [5.41, 5.74) is 3.42. The number of carboxylic acids is 1. The van der Waals surface area contributed by atoms with E-state index in [1.807, 2.05) is 30.3 Å². The summed E-state index contributed by atoms with van der Waals surface area (Å²) in [4.78, 5) is 13.3. The van der Waals surface area contributed by atoms with Crippen LogP contribution in [0.3, 0.4) is 0 Å². The Labute approximate surface area is 142 Å². The van der Waals surface area contributed by atoms with Crippen molar-refractivity contribution >= 4 is 5.97 Å². The molecule has 1 saturated heterocycles. The van der Waals surface area contributed by atoms with Crippen molar-refractivity contribution in [2.75, 3.05) is 13.1 Å². The monoisotopic (exact) mass is 320 g/mol. The molecule has 4 heteroatoms. The second kappa shape index (κ2) is 7.29. The van der Waals surface area contributed by atoms with E-state index < -0.39 is 5.97 Å². The van der Waals surface area contributed by atoms with Crippen LogP contribution in [0, 0.1) is 17.2 Å². The van der Waals surface area contributed by atoms with Crippen LogP contribution in [0.15, 0.2) is 48.5 Å². The first kappa shape index (κ1) is 16.2. The predicted octanol–water partition coefficient (Wildman–Crippen LogP) is 3.32. The number of carbonyl (C=O) groups is 1. The van der Waals surface area contributed by atoms with Crippen LogP contribution < -0.4 is 0 Å². The SMILES string of the molecule is N#Cc1cccc(CN2CCC(Cc3ccc(C(=O)O)cc3)C2)c1. The Morgan fingerprint density at radius 1 is 1.21 bits per heavy atom. The van der Waals surface area contributed by atoms with Gasteiger partial charge in [0.2, 0.25) is 0 Å². The molecule has 122 valence electrons. The second-order valence-corrected chi connectivity index (χ2v) is 6.41. The lowest BCUT2D eigenvalue weighted by Gasteiger charge is -2.16. The zero-order valence-corrected chi connectivity index (χ0v) is 13.5. The van der Waals surface area contributed by atoms with E-state index in [1.165, 1.54) is 11.1 Å². The third-order valence-corrected chi connectivity index (χ3v) is 4.56. The van der Waals surface area contributed by atoms with Crippen LogP contribution in [0.1, 0.15) is 33.5 Å². The Morgan fingerprint density at radius 2 is 2.00 bits per heavy atom. The van der Waals surface area contributed by atoms with Gasteiger partial charge in [0.25, 0.3) is 0 Å². The van der Waals surface area contributed by atoms with Crippen molar-refractivity contribution in [3.8, 4) is 6.07 Å². The van der Waals surface area contributed by atoms with Gasteiger partial charge < -0.3 is 5.11 Å². The summed E-state index contributed by atoms with van der Waals surface area (Å²) in [6.45, 7) is 2.98.